The van der Waals surface area contributed by atoms with E-state index >= 15 is 0 Å². The molecule has 0 saturated heterocycles. The second kappa shape index (κ2) is 6.33. The molecule has 1 N–H and O–H groups in total. The summed E-state index contributed by atoms with van der Waals surface area (Å²) in [5, 5.41) is 19.2. The third-order valence-corrected chi connectivity index (χ3v) is 3.52. The van der Waals surface area contributed by atoms with E-state index in [1.54, 1.807) is 10.9 Å². The minimum Gasteiger partial charge on any atom is -0.487 e. The Balaban J connectivity index is 1.71. The number of nitrogens with one attached hydrogen (secondary N) is 1. The molecule has 0 saturated carbocycles. The fraction of sp³-hybridized carbons (Fsp3) is 0.0588. The van der Waals surface area contributed by atoms with Crippen molar-refractivity contribution in [2.45, 2.75) is 6.61 Å². The van der Waals surface area contributed by atoms with Gasteiger partial charge in [-0.05, 0) is 24.3 Å². The molecule has 118 valence electrons. The molecule has 0 radical (unpaired) electrons. The molecule has 0 aliphatic heterocycles. The van der Waals surface area contributed by atoms with Gasteiger partial charge in [0.1, 0.15) is 29.4 Å². The molecular weight excluding hydrogens is 304 g/mol. The molecule has 2 heterocycles. The first-order chi connectivity index (χ1) is 11.9. The van der Waals surface area contributed by atoms with Gasteiger partial charge in [0.15, 0.2) is 0 Å². The van der Waals surface area contributed by atoms with Crippen molar-refractivity contribution in [3.63, 3.8) is 0 Å². The standard InChI is InChI=1S/C17H14N6O/c1-3-7-13(8-4-1)23-17(15-11-18-21-19-15)16(20-22-23)12-24-14-9-5-2-6-10-14/h1-11H,12H2,(H,18,19,21). The largest absolute Gasteiger partial charge is 0.487 e. The number of rotatable bonds is 5. The summed E-state index contributed by atoms with van der Waals surface area (Å²) in [4.78, 5) is 0. The van der Waals surface area contributed by atoms with Crippen LogP contribution >= 0.6 is 0 Å². The first-order valence-electron chi connectivity index (χ1n) is 7.46. The van der Waals surface area contributed by atoms with E-state index in [4.69, 9.17) is 4.74 Å². The van der Waals surface area contributed by atoms with Gasteiger partial charge in [-0.2, -0.15) is 15.4 Å². The number of nitrogens with zero attached hydrogens (tertiary/aromatic N) is 5. The predicted octanol–water partition coefficient (Wildman–Crippen LogP) is 2.63. The first-order valence-corrected chi connectivity index (χ1v) is 7.46. The second-order valence-electron chi connectivity index (χ2n) is 5.09. The Morgan fingerprint density at radius 3 is 2.42 bits per heavy atom. The summed E-state index contributed by atoms with van der Waals surface area (Å²) in [6, 6.07) is 19.4. The molecule has 0 bridgehead atoms. The number of hydrogen-bond acceptors (Lipinski definition) is 5. The first kappa shape index (κ1) is 14.1. The van der Waals surface area contributed by atoms with Crippen LogP contribution in [0.25, 0.3) is 17.1 Å². The number of aromatic nitrogens is 6. The fourth-order valence-electron chi connectivity index (χ4n) is 2.40. The number of ether oxygens (including phenoxy) is 1. The molecule has 0 fully saturated rings. The van der Waals surface area contributed by atoms with Crippen LogP contribution in [0, 0.1) is 0 Å². The van der Waals surface area contributed by atoms with Gasteiger partial charge < -0.3 is 4.74 Å². The summed E-state index contributed by atoms with van der Waals surface area (Å²) in [5.74, 6) is 0.776. The number of benzene rings is 2. The molecule has 7 nitrogen and oxygen atoms in total. The van der Waals surface area contributed by atoms with Crippen molar-refractivity contribution in [1.29, 1.82) is 0 Å². The highest BCUT2D eigenvalue weighted by Crippen LogP contribution is 2.24. The predicted molar refractivity (Wildman–Crippen MR) is 87.5 cm³/mol. The normalized spacial score (nSPS) is 10.7. The number of para-hydroxylation sites is 2. The van der Waals surface area contributed by atoms with E-state index in [0.717, 1.165) is 17.1 Å². The molecule has 0 spiro atoms. The molecule has 0 unspecified atom stereocenters. The molecule has 0 amide bonds. The van der Waals surface area contributed by atoms with Crippen LogP contribution in [0.15, 0.2) is 66.9 Å². The van der Waals surface area contributed by atoms with Gasteiger partial charge in [0.05, 0.1) is 11.9 Å². The molecular formula is C17H14N6O. The van der Waals surface area contributed by atoms with E-state index in [-0.39, 0.29) is 0 Å². The van der Waals surface area contributed by atoms with Gasteiger partial charge in [-0.1, -0.05) is 41.6 Å². The quantitative estimate of drug-likeness (QED) is 0.612. The van der Waals surface area contributed by atoms with Gasteiger partial charge in [-0.25, -0.2) is 4.68 Å². The molecule has 4 rings (SSSR count). The maximum absolute atomic E-state index is 5.81. The number of aromatic amines is 1. The Bertz CT molecular complexity index is 903. The Morgan fingerprint density at radius 2 is 1.71 bits per heavy atom. The van der Waals surface area contributed by atoms with Crippen LogP contribution in [-0.4, -0.2) is 30.4 Å². The lowest BCUT2D eigenvalue weighted by molar-refractivity contribution is 0.301. The molecule has 2 aromatic heterocycles. The highest BCUT2D eigenvalue weighted by molar-refractivity contribution is 5.59. The van der Waals surface area contributed by atoms with Gasteiger partial charge in [-0.15, -0.1) is 5.10 Å². The van der Waals surface area contributed by atoms with Crippen LogP contribution in [0.3, 0.4) is 0 Å². The zero-order chi connectivity index (χ0) is 16.2. The summed E-state index contributed by atoms with van der Waals surface area (Å²) >= 11 is 0. The zero-order valence-electron chi connectivity index (χ0n) is 12.7. The summed E-state index contributed by atoms with van der Waals surface area (Å²) < 4.78 is 7.54. The van der Waals surface area contributed by atoms with Crippen molar-refractivity contribution in [3.8, 4) is 22.8 Å². The van der Waals surface area contributed by atoms with Crippen LogP contribution in [0.2, 0.25) is 0 Å². The van der Waals surface area contributed by atoms with Gasteiger partial charge in [-0.3, -0.25) is 0 Å². The average molecular weight is 318 g/mol. The van der Waals surface area contributed by atoms with Crippen LogP contribution in [0.1, 0.15) is 5.69 Å². The van der Waals surface area contributed by atoms with E-state index in [1.165, 1.54) is 0 Å². The van der Waals surface area contributed by atoms with Crippen molar-refractivity contribution in [3.05, 3.63) is 72.6 Å². The molecule has 0 atom stereocenters. The van der Waals surface area contributed by atoms with E-state index in [0.29, 0.717) is 18.0 Å². The summed E-state index contributed by atoms with van der Waals surface area (Å²) in [5.41, 5.74) is 3.01. The zero-order valence-corrected chi connectivity index (χ0v) is 12.7. The minimum atomic E-state index is 0.291. The summed E-state index contributed by atoms with van der Waals surface area (Å²) in [6.45, 7) is 0.291. The summed E-state index contributed by atoms with van der Waals surface area (Å²) in [7, 11) is 0. The molecule has 24 heavy (non-hydrogen) atoms. The molecule has 2 aromatic carbocycles. The third kappa shape index (κ3) is 2.74. The highest BCUT2D eigenvalue weighted by Gasteiger charge is 2.19. The van der Waals surface area contributed by atoms with Gasteiger partial charge in [0, 0.05) is 0 Å². The number of hydrogen-bond donors (Lipinski definition) is 1. The van der Waals surface area contributed by atoms with Gasteiger partial charge in [0.2, 0.25) is 0 Å². The third-order valence-electron chi connectivity index (χ3n) is 3.52. The van der Waals surface area contributed by atoms with Crippen molar-refractivity contribution in [1.82, 2.24) is 30.4 Å². The fourth-order valence-corrected chi connectivity index (χ4v) is 2.40. The topological polar surface area (TPSA) is 81.5 Å². The van der Waals surface area contributed by atoms with Crippen LogP contribution < -0.4 is 4.74 Å². The minimum absolute atomic E-state index is 0.291. The lowest BCUT2D eigenvalue weighted by Crippen LogP contribution is -2.02. The number of H-pyrrole nitrogens is 1. The summed E-state index contributed by atoms with van der Waals surface area (Å²) in [6.07, 6.45) is 1.64. The highest BCUT2D eigenvalue weighted by atomic mass is 16.5. The van der Waals surface area contributed by atoms with Gasteiger partial charge in [0.25, 0.3) is 0 Å². The van der Waals surface area contributed by atoms with Crippen molar-refractivity contribution in [2.75, 3.05) is 0 Å². The molecule has 4 aromatic rings. The van der Waals surface area contributed by atoms with E-state index in [9.17, 15) is 0 Å². The monoisotopic (exact) mass is 318 g/mol. The van der Waals surface area contributed by atoms with E-state index < -0.39 is 0 Å². The molecule has 0 aliphatic carbocycles. The second-order valence-corrected chi connectivity index (χ2v) is 5.09. The van der Waals surface area contributed by atoms with Gasteiger partial charge >= 0.3 is 0 Å². The Kier molecular flexibility index (Phi) is 3.73. The van der Waals surface area contributed by atoms with E-state index in [1.807, 2.05) is 60.7 Å². The average Bonchev–Trinajstić information content (AvgIpc) is 3.31. The Labute approximate surface area is 137 Å². The lowest BCUT2D eigenvalue weighted by atomic mass is 10.2. The lowest BCUT2D eigenvalue weighted by Gasteiger charge is -2.07. The Morgan fingerprint density at radius 1 is 0.958 bits per heavy atom. The van der Waals surface area contributed by atoms with Crippen LogP contribution in [-0.2, 0) is 6.61 Å². The maximum atomic E-state index is 5.81. The van der Waals surface area contributed by atoms with Crippen molar-refractivity contribution in [2.24, 2.45) is 0 Å². The van der Waals surface area contributed by atoms with Crippen molar-refractivity contribution < 1.29 is 4.74 Å². The maximum Gasteiger partial charge on any atom is 0.134 e. The smallest absolute Gasteiger partial charge is 0.134 e. The van der Waals surface area contributed by atoms with Crippen LogP contribution in [0.4, 0.5) is 0 Å². The van der Waals surface area contributed by atoms with Crippen LogP contribution in [0.5, 0.6) is 5.75 Å². The van der Waals surface area contributed by atoms with E-state index in [2.05, 4.69) is 25.7 Å². The Hall–Kier alpha value is -3.48. The SMILES string of the molecule is c1ccc(OCc2nnn(-c3ccccc3)c2-c2cn[nH]n2)cc1. The van der Waals surface area contributed by atoms with Crippen molar-refractivity contribution >= 4 is 0 Å². The molecule has 7 heteroatoms. The molecule has 0 aliphatic rings.